The minimum Gasteiger partial charge on any atom is -0.367 e. The van der Waals surface area contributed by atoms with Gasteiger partial charge in [-0.15, -0.1) is 12.6 Å². The molecule has 162 valence electrons. The van der Waals surface area contributed by atoms with E-state index in [1.54, 1.807) is 29.2 Å². The van der Waals surface area contributed by atoms with E-state index in [0.717, 1.165) is 17.8 Å². The van der Waals surface area contributed by atoms with Gasteiger partial charge in [-0.2, -0.15) is 0 Å². The minimum atomic E-state index is -1.02. The van der Waals surface area contributed by atoms with Gasteiger partial charge in [0.2, 0.25) is 5.91 Å². The Hall–Kier alpha value is -2.96. The number of amides is 1. The van der Waals surface area contributed by atoms with E-state index in [4.69, 9.17) is 29.6 Å². The van der Waals surface area contributed by atoms with Gasteiger partial charge in [-0.3, -0.25) is 25.0 Å². The van der Waals surface area contributed by atoms with Crippen molar-refractivity contribution in [3.8, 4) is 0 Å². The van der Waals surface area contributed by atoms with E-state index in [-0.39, 0.29) is 22.0 Å². The third kappa shape index (κ3) is 4.70. The van der Waals surface area contributed by atoms with E-state index in [1.165, 1.54) is 0 Å². The van der Waals surface area contributed by atoms with Crippen LogP contribution in [-0.2, 0) is 0 Å². The summed E-state index contributed by atoms with van der Waals surface area (Å²) in [6.45, 7) is 1.06. The molecule has 1 atom stereocenters. The lowest BCUT2D eigenvalue weighted by Crippen LogP contribution is -2.50. The van der Waals surface area contributed by atoms with E-state index in [2.05, 4.69) is 12.6 Å². The van der Waals surface area contributed by atoms with Crippen molar-refractivity contribution in [2.75, 3.05) is 24.5 Å². The van der Waals surface area contributed by atoms with Crippen LogP contribution < -0.4 is 10.6 Å². The highest BCUT2D eigenvalue weighted by molar-refractivity contribution is 8.10. The van der Waals surface area contributed by atoms with E-state index in [9.17, 15) is 25.0 Å². The highest BCUT2D eigenvalue weighted by atomic mass is 35.5. The normalized spacial score (nSPS) is 16.1. The number of rotatable bonds is 5. The number of nitrogens with two attached hydrogens (primary N) is 1. The summed E-state index contributed by atoms with van der Waals surface area (Å²) in [4.78, 5) is 37.2. The molecule has 2 N–H and O–H groups in total. The Bertz CT molecular complexity index is 1050. The Morgan fingerprint density at radius 2 is 1.81 bits per heavy atom. The molecular weight excluding hydrogens is 466 g/mol. The molecule has 1 fully saturated rings. The number of hydrogen-bond donors (Lipinski definition) is 2. The van der Waals surface area contributed by atoms with Gasteiger partial charge in [0.05, 0.1) is 33.1 Å². The summed E-state index contributed by atoms with van der Waals surface area (Å²) in [5, 5.41) is 23.6. The average Bonchev–Trinajstić information content (AvgIpc) is 2.72. The number of piperazine rings is 1. The topological polar surface area (TPSA) is 136 Å². The van der Waals surface area contributed by atoms with Crippen molar-refractivity contribution >= 4 is 63.7 Å². The van der Waals surface area contributed by atoms with Crippen LogP contribution in [0.3, 0.4) is 0 Å². The molecule has 31 heavy (non-hydrogen) atoms. The molecule has 10 nitrogen and oxygen atoms in total. The van der Waals surface area contributed by atoms with E-state index < -0.39 is 33.2 Å². The van der Waals surface area contributed by atoms with Gasteiger partial charge >= 0.3 is 0 Å². The predicted octanol–water partition coefficient (Wildman–Crippen LogP) is 3.33. The Kier molecular flexibility index (Phi) is 6.62. The zero-order chi connectivity index (χ0) is 22.9. The molecule has 1 aliphatic rings. The molecule has 1 unspecified atom stereocenters. The first kappa shape index (κ1) is 22.7. The molecule has 0 aromatic heterocycles. The van der Waals surface area contributed by atoms with Gasteiger partial charge in [0, 0.05) is 36.4 Å². The van der Waals surface area contributed by atoms with Gasteiger partial charge in [-0.1, -0.05) is 23.8 Å². The first-order valence-electron chi connectivity index (χ1n) is 8.86. The Balaban J connectivity index is 2.18. The van der Waals surface area contributed by atoms with Crippen LogP contribution >= 0.6 is 36.4 Å². The van der Waals surface area contributed by atoms with Crippen LogP contribution in [0.4, 0.5) is 17.1 Å². The summed E-state index contributed by atoms with van der Waals surface area (Å²) in [6.07, 6.45) is 0. The molecule has 13 heteroatoms. The fourth-order valence-corrected chi connectivity index (χ4v) is 4.16. The number of benzene rings is 2. The molecule has 1 amide bonds. The molecule has 3 rings (SSSR count). The number of hydrogen-bond acceptors (Lipinski definition) is 7. The summed E-state index contributed by atoms with van der Waals surface area (Å²) in [5.74, 6) is -1.02. The van der Waals surface area contributed by atoms with Crippen LogP contribution in [-0.4, -0.2) is 44.6 Å². The summed E-state index contributed by atoms with van der Waals surface area (Å²) in [6, 6.07) is 8.00. The lowest BCUT2D eigenvalue weighted by Gasteiger charge is -2.43. The second kappa shape index (κ2) is 9.04. The van der Waals surface area contributed by atoms with Gasteiger partial charge < -0.3 is 15.5 Å². The highest BCUT2D eigenvalue weighted by Crippen LogP contribution is 2.39. The Morgan fingerprint density at radius 1 is 1.16 bits per heavy atom. The summed E-state index contributed by atoms with van der Waals surface area (Å²) < 4.78 is 0.170. The molecule has 0 saturated carbocycles. The molecule has 2 aromatic carbocycles. The number of nitrogens with zero attached hydrogens (tertiary/aromatic N) is 4. The highest BCUT2D eigenvalue weighted by Gasteiger charge is 2.38. The standard InChI is InChI=1S/C18H16ClN5O5S2/c19-10-1-3-11(4-2-10)21-5-6-22(18(30)31)15(9-21)16-13(17(20)25)7-12(23(26)27)8-14(16)24(28)29/h1-4,7-8,15H,5-6,9H2,(H2,20,25)(H,30,31). The largest absolute Gasteiger partial charge is 0.367 e. The van der Waals surface area contributed by atoms with Crippen LogP contribution in [0.15, 0.2) is 36.4 Å². The fraction of sp³-hybridized carbons (Fsp3) is 0.222. The maximum atomic E-state index is 12.2. The van der Waals surface area contributed by atoms with Crippen LogP contribution in [0.1, 0.15) is 22.0 Å². The fourth-order valence-electron chi connectivity index (χ4n) is 3.58. The third-order valence-electron chi connectivity index (χ3n) is 4.97. The maximum absolute atomic E-state index is 12.2. The van der Waals surface area contributed by atoms with Crippen LogP contribution in [0, 0.1) is 20.2 Å². The number of nitro groups is 2. The number of carbonyl (C=O) groups is 1. The Labute approximate surface area is 192 Å². The van der Waals surface area contributed by atoms with Crippen molar-refractivity contribution in [2.45, 2.75) is 6.04 Å². The number of primary amides is 1. The number of halogens is 1. The second-order valence-corrected chi connectivity index (χ2v) is 8.27. The quantitative estimate of drug-likeness (QED) is 0.287. The molecule has 0 aliphatic carbocycles. The number of carbonyl (C=O) groups excluding carboxylic acids is 1. The number of thiocarbonyl (C=S) groups is 1. The zero-order valence-corrected chi connectivity index (χ0v) is 18.3. The zero-order valence-electron chi connectivity index (χ0n) is 15.8. The van der Waals surface area contributed by atoms with Crippen molar-refractivity contribution in [3.63, 3.8) is 0 Å². The number of anilines is 1. The average molecular weight is 482 g/mol. The van der Waals surface area contributed by atoms with Gasteiger partial charge in [-0.25, -0.2) is 0 Å². The van der Waals surface area contributed by atoms with Crippen LogP contribution in [0.25, 0.3) is 0 Å². The lowest BCUT2D eigenvalue weighted by molar-refractivity contribution is -0.394. The molecule has 1 aliphatic heterocycles. The monoisotopic (exact) mass is 481 g/mol. The van der Waals surface area contributed by atoms with Crippen molar-refractivity contribution in [3.05, 3.63) is 72.8 Å². The van der Waals surface area contributed by atoms with Gasteiger partial charge in [0.1, 0.15) is 4.32 Å². The van der Waals surface area contributed by atoms with Gasteiger partial charge in [-0.05, 0) is 24.3 Å². The summed E-state index contributed by atoms with van der Waals surface area (Å²) in [7, 11) is 0. The van der Waals surface area contributed by atoms with Crippen molar-refractivity contribution in [2.24, 2.45) is 5.73 Å². The minimum absolute atomic E-state index is 0.0434. The van der Waals surface area contributed by atoms with Crippen molar-refractivity contribution in [1.29, 1.82) is 0 Å². The summed E-state index contributed by atoms with van der Waals surface area (Å²) >= 11 is 15.4. The lowest BCUT2D eigenvalue weighted by atomic mass is 9.94. The van der Waals surface area contributed by atoms with E-state index >= 15 is 0 Å². The van der Waals surface area contributed by atoms with E-state index in [1.807, 2.05) is 4.90 Å². The van der Waals surface area contributed by atoms with Gasteiger partial charge in [0.15, 0.2) is 0 Å². The van der Waals surface area contributed by atoms with Crippen molar-refractivity contribution in [1.82, 2.24) is 4.90 Å². The number of nitro benzene ring substituents is 2. The molecule has 0 spiro atoms. The summed E-state index contributed by atoms with van der Waals surface area (Å²) in [5.41, 5.74) is 4.73. The molecule has 1 saturated heterocycles. The first-order chi connectivity index (χ1) is 14.6. The molecule has 1 heterocycles. The second-order valence-electron chi connectivity index (χ2n) is 6.72. The molecule has 0 radical (unpaired) electrons. The number of non-ortho nitro benzene ring substituents is 1. The van der Waals surface area contributed by atoms with Crippen LogP contribution in [0.2, 0.25) is 5.02 Å². The van der Waals surface area contributed by atoms with Gasteiger partial charge in [0.25, 0.3) is 11.4 Å². The number of thiol groups is 1. The third-order valence-corrected chi connectivity index (χ3v) is 5.71. The predicted molar refractivity (Wildman–Crippen MR) is 123 cm³/mol. The molecular formula is C18H16ClN5O5S2. The first-order valence-corrected chi connectivity index (χ1v) is 10.1. The molecule has 2 aromatic rings. The SMILES string of the molecule is NC(=O)c1cc([N+](=O)[O-])cc([N+](=O)[O-])c1C1CN(c2ccc(Cl)cc2)CCN1C(=S)S. The van der Waals surface area contributed by atoms with Crippen LogP contribution in [0.5, 0.6) is 0 Å². The van der Waals surface area contributed by atoms with E-state index in [0.29, 0.717) is 18.1 Å². The maximum Gasteiger partial charge on any atom is 0.282 e. The molecule has 0 bridgehead atoms. The Morgan fingerprint density at radius 3 is 2.32 bits per heavy atom. The van der Waals surface area contributed by atoms with Crippen molar-refractivity contribution < 1.29 is 14.6 Å². The smallest absolute Gasteiger partial charge is 0.282 e.